The van der Waals surface area contributed by atoms with Crippen LogP contribution in [0.1, 0.15) is 17.4 Å². The largest absolute Gasteiger partial charge is 0.368 e. The van der Waals surface area contributed by atoms with Crippen molar-refractivity contribution in [3.05, 3.63) is 40.8 Å². The average molecular weight is 298 g/mol. The molecule has 0 bridgehead atoms. The number of aromatic nitrogens is 2. The van der Waals surface area contributed by atoms with Gasteiger partial charge in [0.1, 0.15) is 10.6 Å². The van der Waals surface area contributed by atoms with Gasteiger partial charge in [-0.3, -0.25) is 0 Å². The van der Waals surface area contributed by atoms with E-state index >= 15 is 0 Å². The molecular weight excluding hydrogens is 280 g/mol. The maximum absolute atomic E-state index is 5.90. The second-order valence-corrected chi connectivity index (χ2v) is 6.25. The molecule has 0 aliphatic rings. The van der Waals surface area contributed by atoms with Gasteiger partial charge in [0.2, 0.25) is 5.95 Å². The van der Waals surface area contributed by atoms with Crippen LogP contribution in [-0.4, -0.2) is 16.5 Å². The molecule has 0 radical (unpaired) electrons. The number of thiophene rings is 1. The topological polar surface area (TPSA) is 55.0 Å². The fourth-order valence-electron chi connectivity index (χ4n) is 2.55. The highest BCUT2D eigenvalue weighted by Crippen LogP contribution is 2.35. The molecule has 5 heteroatoms. The molecule has 0 aliphatic heterocycles. The quantitative estimate of drug-likeness (QED) is 0.792. The SMILES string of the molecule is CCN(c1ccccc1C)c1nc(N)nc2sc(C)cc12. The zero-order valence-corrected chi connectivity index (χ0v) is 13.2. The van der Waals surface area contributed by atoms with Gasteiger partial charge in [-0.05, 0) is 38.5 Å². The van der Waals surface area contributed by atoms with Gasteiger partial charge in [0.15, 0.2) is 0 Å². The number of nitrogens with zero attached hydrogens (tertiary/aromatic N) is 3. The lowest BCUT2D eigenvalue weighted by Crippen LogP contribution is -2.19. The van der Waals surface area contributed by atoms with Gasteiger partial charge >= 0.3 is 0 Å². The zero-order valence-electron chi connectivity index (χ0n) is 12.4. The molecule has 4 nitrogen and oxygen atoms in total. The lowest BCUT2D eigenvalue weighted by atomic mass is 10.1. The van der Waals surface area contributed by atoms with Crippen molar-refractivity contribution in [3.63, 3.8) is 0 Å². The monoisotopic (exact) mass is 298 g/mol. The summed E-state index contributed by atoms with van der Waals surface area (Å²) < 4.78 is 0. The third-order valence-corrected chi connectivity index (χ3v) is 4.44. The van der Waals surface area contributed by atoms with Crippen LogP contribution in [0.3, 0.4) is 0 Å². The summed E-state index contributed by atoms with van der Waals surface area (Å²) in [6.45, 7) is 7.13. The summed E-state index contributed by atoms with van der Waals surface area (Å²) in [6, 6.07) is 10.5. The number of fused-ring (bicyclic) bond motifs is 1. The van der Waals surface area contributed by atoms with Crippen LogP contribution in [0.4, 0.5) is 17.5 Å². The Morgan fingerprint density at radius 2 is 1.95 bits per heavy atom. The summed E-state index contributed by atoms with van der Waals surface area (Å²) in [5.74, 6) is 1.21. The third kappa shape index (κ3) is 2.45. The van der Waals surface area contributed by atoms with Gasteiger partial charge in [-0.2, -0.15) is 4.98 Å². The molecule has 1 aromatic carbocycles. The van der Waals surface area contributed by atoms with Crippen LogP contribution in [0.2, 0.25) is 0 Å². The number of nitrogen functional groups attached to an aromatic ring is 1. The lowest BCUT2D eigenvalue weighted by Gasteiger charge is -2.24. The highest BCUT2D eigenvalue weighted by Gasteiger charge is 2.17. The van der Waals surface area contributed by atoms with E-state index in [0.29, 0.717) is 5.95 Å². The van der Waals surface area contributed by atoms with Crippen molar-refractivity contribution in [2.75, 3.05) is 17.2 Å². The summed E-state index contributed by atoms with van der Waals surface area (Å²) in [5.41, 5.74) is 8.28. The van der Waals surface area contributed by atoms with Gasteiger partial charge in [-0.25, -0.2) is 4.98 Å². The molecule has 21 heavy (non-hydrogen) atoms. The molecule has 0 unspecified atom stereocenters. The summed E-state index contributed by atoms with van der Waals surface area (Å²) >= 11 is 1.65. The molecule has 2 heterocycles. The van der Waals surface area contributed by atoms with Crippen LogP contribution in [0.25, 0.3) is 10.2 Å². The van der Waals surface area contributed by atoms with Gasteiger partial charge in [-0.15, -0.1) is 11.3 Å². The predicted octanol–water partition coefficient (Wildman–Crippen LogP) is 4.05. The number of anilines is 3. The minimum atomic E-state index is 0.325. The molecule has 0 aliphatic carbocycles. The Labute approximate surface area is 128 Å². The van der Waals surface area contributed by atoms with Crippen LogP contribution in [-0.2, 0) is 0 Å². The summed E-state index contributed by atoms with van der Waals surface area (Å²) in [5, 5.41) is 1.07. The van der Waals surface area contributed by atoms with Crippen molar-refractivity contribution in [1.82, 2.24) is 9.97 Å². The molecule has 0 fully saturated rings. The van der Waals surface area contributed by atoms with E-state index in [1.807, 2.05) is 12.1 Å². The number of benzene rings is 1. The maximum Gasteiger partial charge on any atom is 0.223 e. The standard InChI is InChI=1S/C16H18N4S/c1-4-20(13-8-6-5-7-10(13)2)14-12-9-11(3)21-15(12)19-16(17)18-14/h5-9H,4H2,1-3H3,(H2,17,18,19). The average Bonchev–Trinajstić information content (AvgIpc) is 2.81. The molecule has 3 rings (SSSR count). The van der Waals surface area contributed by atoms with E-state index in [4.69, 9.17) is 5.73 Å². The molecule has 108 valence electrons. The number of para-hydroxylation sites is 1. The van der Waals surface area contributed by atoms with E-state index in [2.05, 4.69) is 53.8 Å². The maximum atomic E-state index is 5.90. The molecule has 0 amide bonds. The minimum Gasteiger partial charge on any atom is -0.368 e. The molecule has 0 saturated carbocycles. The van der Waals surface area contributed by atoms with Crippen molar-refractivity contribution in [1.29, 1.82) is 0 Å². The van der Waals surface area contributed by atoms with E-state index in [1.165, 1.54) is 10.4 Å². The minimum absolute atomic E-state index is 0.325. The fraction of sp³-hybridized carbons (Fsp3) is 0.250. The number of hydrogen-bond donors (Lipinski definition) is 1. The molecule has 3 aromatic rings. The Morgan fingerprint density at radius 3 is 2.67 bits per heavy atom. The first-order valence-electron chi connectivity index (χ1n) is 6.97. The van der Waals surface area contributed by atoms with E-state index < -0.39 is 0 Å². The fourth-order valence-corrected chi connectivity index (χ4v) is 3.43. The zero-order chi connectivity index (χ0) is 15.0. The van der Waals surface area contributed by atoms with Gasteiger partial charge in [-0.1, -0.05) is 18.2 Å². The number of nitrogens with two attached hydrogens (primary N) is 1. The Hall–Kier alpha value is -2.14. The van der Waals surface area contributed by atoms with Crippen LogP contribution in [0.5, 0.6) is 0 Å². The highest BCUT2D eigenvalue weighted by molar-refractivity contribution is 7.18. The highest BCUT2D eigenvalue weighted by atomic mass is 32.1. The summed E-state index contributed by atoms with van der Waals surface area (Å²) in [7, 11) is 0. The normalized spacial score (nSPS) is 11.0. The third-order valence-electron chi connectivity index (χ3n) is 3.49. The Balaban J connectivity index is 2.24. The summed E-state index contributed by atoms with van der Waals surface area (Å²) in [4.78, 5) is 13.2. The number of hydrogen-bond acceptors (Lipinski definition) is 5. The van der Waals surface area contributed by atoms with E-state index in [1.54, 1.807) is 11.3 Å². The van der Waals surface area contributed by atoms with Crippen LogP contribution in [0.15, 0.2) is 30.3 Å². The van der Waals surface area contributed by atoms with Crippen molar-refractivity contribution in [2.45, 2.75) is 20.8 Å². The second-order valence-electron chi connectivity index (χ2n) is 5.01. The van der Waals surface area contributed by atoms with Crippen molar-refractivity contribution in [2.24, 2.45) is 0 Å². The summed E-state index contributed by atoms with van der Waals surface area (Å²) in [6.07, 6.45) is 0. The number of aryl methyl sites for hydroxylation is 2. The van der Waals surface area contributed by atoms with Crippen LogP contribution in [0, 0.1) is 13.8 Å². The van der Waals surface area contributed by atoms with Crippen LogP contribution < -0.4 is 10.6 Å². The molecule has 2 aromatic heterocycles. The van der Waals surface area contributed by atoms with E-state index in [-0.39, 0.29) is 0 Å². The first kappa shape index (κ1) is 13.8. The predicted molar refractivity (Wildman–Crippen MR) is 90.4 cm³/mol. The molecular formula is C16H18N4S. The Morgan fingerprint density at radius 1 is 1.19 bits per heavy atom. The number of rotatable bonds is 3. The van der Waals surface area contributed by atoms with Crippen molar-refractivity contribution < 1.29 is 0 Å². The first-order valence-corrected chi connectivity index (χ1v) is 7.78. The van der Waals surface area contributed by atoms with Crippen molar-refractivity contribution in [3.8, 4) is 0 Å². The molecule has 0 spiro atoms. The van der Waals surface area contributed by atoms with Crippen LogP contribution >= 0.6 is 11.3 Å². The van der Waals surface area contributed by atoms with Gasteiger partial charge in [0.05, 0.1) is 5.39 Å². The molecule has 0 saturated heterocycles. The Bertz CT molecular complexity index is 794. The second kappa shape index (κ2) is 5.33. The first-order chi connectivity index (χ1) is 10.1. The Kier molecular flexibility index (Phi) is 3.51. The van der Waals surface area contributed by atoms with Gasteiger partial charge < -0.3 is 10.6 Å². The molecule has 2 N–H and O–H groups in total. The van der Waals surface area contributed by atoms with E-state index in [0.717, 1.165) is 28.3 Å². The van der Waals surface area contributed by atoms with Crippen molar-refractivity contribution >= 4 is 39.0 Å². The van der Waals surface area contributed by atoms with E-state index in [9.17, 15) is 0 Å². The molecule has 0 atom stereocenters. The lowest BCUT2D eigenvalue weighted by molar-refractivity contribution is 0.987. The van der Waals surface area contributed by atoms with Gasteiger partial charge in [0.25, 0.3) is 0 Å². The smallest absolute Gasteiger partial charge is 0.223 e. The van der Waals surface area contributed by atoms with Gasteiger partial charge in [0, 0.05) is 17.1 Å².